The van der Waals surface area contributed by atoms with Crippen LogP contribution in [0.15, 0.2) is 29.6 Å². The maximum absolute atomic E-state index is 13.2. The number of aliphatic hydroxyl groups is 1. The molecule has 21 heavy (non-hydrogen) atoms. The Morgan fingerprint density at radius 2 is 2.14 bits per heavy atom. The van der Waals surface area contributed by atoms with E-state index in [1.54, 1.807) is 0 Å². The van der Waals surface area contributed by atoms with Crippen molar-refractivity contribution in [3.63, 3.8) is 0 Å². The molecule has 2 heterocycles. The van der Waals surface area contributed by atoms with Crippen molar-refractivity contribution >= 4 is 11.6 Å². The number of pyridine rings is 1. The lowest BCUT2D eigenvalue weighted by Gasteiger charge is -2.33. The summed E-state index contributed by atoms with van der Waals surface area (Å²) >= 11 is 0. The Morgan fingerprint density at radius 1 is 1.48 bits per heavy atom. The average Bonchev–Trinajstić information content (AvgIpc) is 2.78. The maximum atomic E-state index is 13.2. The highest BCUT2D eigenvalue weighted by atomic mass is 19.4. The van der Waals surface area contributed by atoms with Crippen molar-refractivity contribution < 1.29 is 23.1 Å². The van der Waals surface area contributed by atoms with Crippen LogP contribution in [0, 0.1) is 5.92 Å². The highest BCUT2D eigenvalue weighted by molar-refractivity contribution is 6.03. The molecule has 1 unspecified atom stereocenters. The lowest BCUT2D eigenvalue weighted by Crippen LogP contribution is -2.57. The first-order valence-corrected chi connectivity index (χ1v) is 6.28. The zero-order valence-corrected chi connectivity index (χ0v) is 11.4. The predicted molar refractivity (Wildman–Crippen MR) is 68.1 cm³/mol. The van der Waals surface area contributed by atoms with Crippen LogP contribution >= 0.6 is 0 Å². The van der Waals surface area contributed by atoms with Crippen LogP contribution in [0.3, 0.4) is 0 Å². The Balaban J connectivity index is 2.45. The third kappa shape index (κ3) is 2.63. The molecule has 5 nitrogen and oxygen atoms in total. The minimum absolute atomic E-state index is 0.0306. The molecule has 0 aliphatic carbocycles. The fraction of sp³-hybridized carbons (Fsp3) is 0.462. The van der Waals surface area contributed by atoms with Crippen molar-refractivity contribution in [2.75, 3.05) is 0 Å². The summed E-state index contributed by atoms with van der Waals surface area (Å²) in [7, 11) is 0. The van der Waals surface area contributed by atoms with E-state index in [1.807, 2.05) is 0 Å². The van der Waals surface area contributed by atoms with Crippen molar-refractivity contribution in [3.05, 3.63) is 30.1 Å². The quantitative estimate of drug-likeness (QED) is 0.907. The molecule has 114 valence electrons. The zero-order valence-electron chi connectivity index (χ0n) is 11.4. The molecule has 1 aliphatic heterocycles. The van der Waals surface area contributed by atoms with Crippen LogP contribution in [-0.4, -0.2) is 38.6 Å². The predicted octanol–water partition coefficient (Wildman–Crippen LogP) is 1.92. The molecule has 1 aromatic heterocycles. The van der Waals surface area contributed by atoms with Gasteiger partial charge in [-0.3, -0.25) is 9.78 Å². The van der Waals surface area contributed by atoms with Crippen LogP contribution in [0.2, 0.25) is 0 Å². The Kier molecular flexibility index (Phi) is 3.75. The summed E-state index contributed by atoms with van der Waals surface area (Å²) in [5.41, 5.74) is -3.02. The third-order valence-corrected chi connectivity index (χ3v) is 3.14. The number of hydrazone groups is 1. The normalized spacial score (nSPS) is 22.6. The summed E-state index contributed by atoms with van der Waals surface area (Å²) < 4.78 is 39.5. The summed E-state index contributed by atoms with van der Waals surface area (Å²) in [6.07, 6.45) is -3.03. The second-order valence-electron chi connectivity index (χ2n) is 5.08. The van der Waals surface area contributed by atoms with Crippen LogP contribution in [0.5, 0.6) is 0 Å². The van der Waals surface area contributed by atoms with Gasteiger partial charge in [0.2, 0.25) is 5.91 Å². The van der Waals surface area contributed by atoms with Gasteiger partial charge in [-0.05, 0) is 6.07 Å². The summed E-state index contributed by atoms with van der Waals surface area (Å²) in [4.78, 5) is 15.7. The second kappa shape index (κ2) is 5.10. The fourth-order valence-electron chi connectivity index (χ4n) is 1.94. The van der Waals surface area contributed by atoms with Crippen LogP contribution < -0.4 is 0 Å². The minimum Gasteiger partial charge on any atom is -0.362 e. The van der Waals surface area contributed by atoms with E-state index in [9.17, 15) is 23.1 Å². The first-order valence-electron chi connectivity index (χ1n) is 6.28. The van der Waals surface area contributed by atoms with E-state index >= 15 is 0 Å². The number of alkyl halides is 3. The number of aromatic nitrogens is 1. The van der Waals surface area contributed by atoms with E-state index in [-0.39, 0.29) is 10.7 Å². The van der Waals surface area contributed by atoms with Crippen LogP contribution in [-0.2, 0) is 4.79 Å². The van der Waals surface area contributed by atoms with E-state index in [1.165, 1.54) is 38.4 Å². The van der Waals surface area contributed by atoms with E-state index in [2.05, 4.69) is 10.1 Å². The van der Waals surface area contributed by atoms with Gasteiger partial charge in [-0.1, -0.05) is 19.9 Å². The van der Waals surface area contributed by atoms with Gasteiger partial charge in [-0.15, -0.1) is 0 Å². The minimum atomic E-state index is -5.01. The standard InChI is InChI=1S/C13H14F3N3O2/c1-8(2)11(20)19-12(21,13(14,15)16)6-10(18-19)9-4-3-5-17-7-9/h3-5,7-8,21H,6H2,1-2H3. The second-order valence-corrected chi connectivity index (χ2v) is 5.08. The molecule has 0 saturated carbocycles. The largest absolute Gasteiger partial charge is 0.438 e. The van der Waals surface area contributed by atoms with Crippen molar-refractivity contribution in [1.29, 1.82) is 0 Å². The Morgan fingerprint density at radius 3 is 2.62 bits per heavy atom. The molecule has 0 spiro atoms. The zero-order chi connectivity index (χ0) is 15.8. The molecule has 1 atom stereocenters. The summed E-state index contributed by atoms with van der Waals surface area (Å²) in [5, 5.41) is 13.8. The Bertz CT molecular complexity index is 572. The van der Waals surface area contributed by atoms with Crippen LogP contribution in [0.1, 0.15) is 25.8 Å². The van der Waals surface area contributed by atoms with Gasteiger partial charge in [0.15, 0.2) is 0 Å². The molecule has 2 rings (SSSR count). The van der Waals surface area contributed by atoms with Gasteiger partial charge in [0.25, 0.3) is 5.72 Å². The number of halogens is 3. The van der Waals surface area contributed by atoms with Gasteiger partial charge >= 0.3 is 6.18 Å². The average molecular weight is 301 g/mol. The van der Waals surface area contributed by atoms with Gasteiger partial charge < -0.3 is 5.11 Å². The van der Waals surface area contributed by atoms with Gasteiger partial charge in [0.05, 0.1) is 12.1 Å². The molecule has 0 aromatic carbocycles. The first-order chi connectivity index (χ1) is 9.67. The number of hydrogen-bond donors (Lipinski definition) is 1. The third-order valence-electron chi connectivity index (χ3n) is 3.14. The number of nitrogens with zero attached hydrogens (tertiary/aromatic N) is 3. The lowest BCUT2D eigenvalue weighted by molar-refractivity contribution is -0.303. The Hall–Kier alpha value is -1.96. The summed E-state index contributed by atoms with van der Waals surface area (Å²) in [6, 6.07) is 3.06. The number of carbonyl (C=O) groups is 1. The SMILES string of the molecule is CC(C)C(=O)N1N=C(c2cccnc2)CC1(O)C(F)(F)F. The van der Waals surface area contributed by atoms with Crippen molar-refractivity contribution in [1.82, 2.24) is 9.99 Å². The molecular weight excluding hydrogens is 287 g/mol. The van der Waals surface area contributed by atoms with Gasteiger partial charge in [0.1, 0.15) is 0 Å². The van der Waals surface area contributed by atoms with Gasteiger partial charge in [-0.2, -0.15) is 23.3 Å². The van der Waals surface area contributed by atoms with E-state index < -0.39 is 30.1 Å². The topological polar surface area (TPSA) is 65.8 Å². The molecule has 1 amide bonds. The molecule has 0 fully saturated rings. The summed E-state index contributed by atoms with van der Waals surface area (Å²) in [5.74, 6) is -1.62. The maximum Gasteiger partial charge on any atom is 0.438 e. The van der Waals surface area contributed by atoms with Crippen molar-refractivity contribution in [2.45, 2.75) is 32.2 Å². The molecule has 1 aliphatic rings. The smallest absolute Gasteiger partial charge is 0.362 e. The highest BCUT2D eigenvalue weighted by Crippen LogP contribution is 2.41. The number of carbonyl (C=O) groups excluding carboxylic acids is 1. The van der Waals surface area contributed by atoms with Crippen molar-refractivity contribution in [2.24, 2.45) is 11.0 Å². The molecule has 0 saturated heterocycles. The van der Waals surface area contributed by atoms with Crippen LogP contribution in [0.4, 0.5) is 13.2 Å². The Labute approximate surface area is 119 Å². The molecular formula is C13H14F3N3O2. The fourth-order valence-corrected chi connectivity index (χ4v) is 1.94. The summed E-state index contributed by atoms with van der Waals surface area (Å²) in [6.45, 7) is 2.88. The number of hydrogen-bond acceptors (Lipinski definition) is 4. The molecule has 1 aromatic rings. The monoisotopic (exact) mass is 301 g/mol. The van der Waals surface area contributed by atoms with Gasteiger partial charge in [-0.25, -0.2) is 0 Å². The van der Waals surface area contributed by atoms with E-state index in [0.29, 0.717) is 5.56 Å². The lowest BCUT2D eigenvalue weighted by atomic mass is 10.0. The van der Waals surface area contributed by atoms with Crippen molar-refractivity contribution in [3.8, 4) is 0 Å². The first kappa shape index (κ1) is 15.4. The molecule has 1 N–H and O–H groups in total. The molecule has 0 bridgehead atoms. The van der Waals surface area contributed by atoms with E-state index in [4.69, 9.17) is 0 Å². The number of rotatable bonds is 2. The van der Waals surface area contributed by atoms with Gasteiger partial charge in [0, 0.05) is 23.9 Å². The van der Waals surface area contributed by atoms with E-state index in [0.717, 1.165) is 0 Å². The number of amides is 1. The highest BCUT2D eigenvalue weighted by Gasteiger charge is 2.63. The molecule has 0 radical (unpaired) electrons. The van der Waals surface area contributed by atoms with Crippen LogP contribution in [0.25, 0.3) is 0 Å². The molecule has 8 heteroatoms.